The van der Waals surface area contributed by atoms with Gasteiger partial charge in [0.15, 0.2) is 5.96 Å². The molecule has 2 atom stereocenters. The maximum absolute atomic E-state index is 10.0. The number of nitrogens with one attached hydrogen (secondary N) is 2. The van der Waals surface area contributed by atoms with Crippen LogP contribution in [0.25, 0.3) is 0 Å². The van der Waals surface area contributed by atoms with Crippen LogP contribution in [0.2, 0.25) is 0 Å². The maximum Gasteiger partial charge on any atom is 0.191 e. The monoisotopic (exact) mass is 436 g/mol. The maximum atomic E-state index is 10.0. The lowest BCUT2D eigenvalue weighted by atomic mass is 10.0. The van der Waals surface area contributed by atoms with E-state index in [1.54, 1.807) is 0 Å². The second kappa shape index (κ2) is 10.4. The van der Waals surface area contributed by atoms with E-state index in [1.165, 1.54) is 5.56 Å². The Hall–Kier alpha value is -1.11. The molecule has 0 bridgehead atoms. The first-order valence-corrected chi connectivity index (χ1v) is 11.1. The SMILES string of the molecule is CCNC(=NCC1CCCC1O)NC1CCN(Cc2ccc(Br)cc2)CC1. The van der Waals surface area contributed by atoms with Gasteiger partial charge in [-0.05, 0) is 50.3 Å². The minimum Gasteiger partial charge on any atom is -0.393 e. The summed E-state index contributed by atoms with van der Waals surface area (Å²) in [6.07, 6.45) is 5.25. The molecule has 0 spiro atoms. The van der Waals surface area contributed by atoms with Gasteiger partial charge in [0, 0.05) is 49.2 Å². The van der Waals surface area contributed by atoms with Crippen molar-refractivity contribution >= 4 is 21.9 Å². The number of likely N-dealkylation sites (tertiary alicyclic amines) is 1. The average Bonchev–Trinajstić information content (AvgIpc) is 3.08. The summed E-state index contributed by atoms with van der Waals surface area (Å²) in [6, 6.07) is 9.09. The molecule has 150 valence electrons. The molecule has 2 fully saturated rings. The third kappa shape index (κ3) is 6.47. The van der Waals surface area contributed by atoms with Crippen molar-refractivity contribution in [2.45, 2.75) is 57.7 Å². The Morgan fingerprint density at radius 2 is 1.93 bits per heavy atom. The fourth-order valence-electron chi connectivity index (χ4n) is 4.04. The third-order valence-electron chi connectivity index (χ3n) is 5.69. The number of aliphatic hydroxyl groups is 1. The molecule has 0 radical (unpaired) electrons. The first-order chi connectivity index (χ1) is 13.1. The van der Waals surface area contributed by atoms with Gasteiger partial charge in [-0.2, -0.15) is 0 Å². The number of hydrogen-bond donors (Lipinski definition) is 3. The van der Waals surface area contributed by atoms with Gasteiger partial charge in [-0.25, -0.2) is 0 Å². The van der Waals surface area contributed by atoms with Crippen molar-refractivity contribution < 1.29 is 5.11 Å². The topological polar surface area (TPSA) is 59.9 Å². The van der Waals surface area contributed by atoms with Crippen LogP contribution in [0.5, 0.6) is 0 Å². The van der Waals surface area contributed by atoms with Crippen LogP contribution in [-0.4, -0.2) is 54.3 Å². The zero-order valence-electron chi connectivity index (χ0n) is 16.3. The van der Waals surface area contributed by atoms with Gasteiger partial charge in [-0.15, -0.1) is 0 Å². The molecule has 1 aromatic carbocycles. The normalized spacial score (nSPS) is 24.9. The van der Waals surface area contributed by atoms with E-state index >= 15 is 0 Å². The van der Waals surface area contributed by atoms with Gasteiger partial charge in [-0.1, -0.05) is 34.5 Å². The molecule has 5 nitrogen and oxygen atoms in total. The highest BCUT2D eigenvalue weighted by Crippen LogP contribution is 2.25. The summed E-state index contributed by atoms with van der Waals surface area (Å²) < 4.78 is 1.13. The number of rotatable bonds is 6. The summed E-state index contributed by atoms with van der Waals surface area (Å²) in [6.45, 7) is 6.92. The first-order valence-electron chi connectivity index (χ1n) is 10.3. The Bertz CT molecular complexity index is 599. The van der Waals surface area contributed by atoms with E-state index in [4.69, 9.17) is 4.99 Å². The molecular formula is C21H33BrN4O. The van der Waals surface area contributed by atoms with Crippen LogP contribution in [0, 0.1) is 5.92 Å². The zero-order chi connectivity index (χ0) is 19.1. The standard InChI is InChI=1S/C21H33BrN4O/c1-2-23-21(24-14-17-4-3-5-20(17)27)25-19-10-12-26(13-11-19)15-16-6-8-18(22)9-7-16/h6-9,17,19-20,27H,2-5,10-15H2,1H3,(H2,23,24,25). The molecule has 2 unspecified atom stereocenters. The van der Waals surface area contributed by atoms with Gasteiger partial charge in [0.1, 0.15) is 0 Å². The number of piperidine rings is 1. The lowest BCUT2D eigenvalue weighted by Gasteiger charge is -2.33. The zero-order valence-corrected chi connectivity index (χ0v) is 17.9. The molecule has 6 heteroatoms. The van der Waals surface area contributed by atoms with Crippen molar-refractivity contribution in [2.75, 3.05) is 26.2 Å². The second-order valence-electron chi connectivity index (χ2n) is 7.80. The lowest BCUT2D eigenvalue weighted by molar-refractivity contribution is 0.136. The quantitative estimate of drug-likeness (QED) is 0.473. The van der Waals surface area contributed by atoms with E-state index in [9.17, 15) is 5.11 Å². The molecule has 0 aromatic heterocycles. The highest BCUT2D eigenvalue weighted by atomic mass is 79.9. The van der Waals surface area contributed by atoms with Gasteiger partial charge in [0.05, 0.1) is 6.10 Å². The van der Waals surface area contributed by atoms with E-state index in [0.717, 1.165) is 75.3 Å². The van der Waals surface area contributed by atoms with Gasteiger partial charge < -0.3 is 15.7 Å². The predicted octanol–water partition coefficient (Wildman–Crippen LogP) is 3.13. The van der Waals surface area contributed by atoms with Crippen LogP contribution in [0.1, 0.15) is 44.6 Å². The van der Waals surface area contributed by atoms with Gasteiger partial charge in [-0.3, -0.25) is 9.89 Å². The van der Waals surface area contributed by atoms with Crippen molar-refractivity contribution in [3.63, 3.8) is 0 Å². The van der Waals surface area contributed by atoms with Crippen molar-refractivity contribution in [3.8, 4) is 0 Å². The second-order valence-corrected chi connectivity index (χ2v) is 8.71. The van der Waals surface area contributed by atoms with E-state index in [0.29, 0.717) is 12.0 Å². The predicted molar refractivity (Wildman–Crippen MR) is 115 cm³/mol. The van der Waals surface area contributed by atoms with Gasteiger partial charge in [0.25, 0.3) is 0 Å². The summed E-state index contributed by atoms with van der Waals surface area (Å²) >= 11 is 3.50. The Morgan fingerprint density at radius 3 is 2.56 bits per heavy atom. The minimum absolute atomic E-state index is 0.168. The Kier molecular flexibility index (Phi) is 7.97. The van der Waals surface area contributed by atoms with Crippen LogP contribution in [0.15, 0.2) is 33.7 Å². The third-order valence-corrected chi connectivity index (χ3v) is 6.22. The van der Waals surface area contributed by atoms with E-state index in [2.05, 4.69) is 62.7 Å². The largest absolute Gasteiger partial charge is 0.393 e. The van der Waals surface area contributed by atoms with Crippen LogP contribution in [0.3, 0.4) is 0 Å². The first kappa shape index (κ1) is 20.6. The van der Waals surface area contributed by atoms with Crippen LogP contribution < -0.4 is 10.6 Å². The molecule has 1 saturated heterocycles. The summed E-state index contributed by atoms with van der Waals surface area (Å²) in [7, 11) is 0. The van der Waals surface area contributed by atoms with E-state index < -0.39 is 0 Å². The number of halogens is 1. The molecule has 1 saturated carbocycles. The number of guanidine groups is 1. The smallest absolute Gasteiger partial charge is 0.191 e. The average molecular weight is 437 g/mol. The number of aliphatic hydroxyl groups excluding tert-OH is 1. The highest BCUT2D eigenvalue weighted by molar-refractivity contribution is 9.10. The van der Waals surface area contributed by atoms with Crippen LogP contribution >= 0.6 is 15.9 Å². The molecule has 1 aliphatic carbocycles. The van der Waals surface area contributed by atoms with E-state index in [1.807, 2.05) is 0 Å². The summed E-state index contributed by atoms with van der Waals surface area (Å²) in [4.78, 5) is 7.28. The van der Waals surface area contributed by atoms with Crippen LogP contribution in [-0.2, 0) is 6.54 Å². The molecular weight excluding hydrogens is 404 g/mol. The molecule has 2 aliphatic rings. The van der Waals surface area contributed by atoms with Gasteiger partial charge >= 0.3 is 0 Å². The number of hydrogen-bond acceptors (Lipinski definition) is 3. The van der Waals surface area contributed by atoms with Crippen molar-refractivity contribution in [2.24, 2.45) is 10.9 Å². The Morgan fingerprint density at radius 1 is 1.19 bits per heavy atom. The molecule has 1 heterocycles. The molecule has 1 aromatic rings. The molecule has 3 N–H and O–H groups in total. The Balaban J connectivity index is 1.45. The molecule has 1 aliphatic heterocycles. The minimum atomic E-state index is -0.168. The van der Waals surface area contributed by atoms with Gasteiger partial charge in [0.2, 0.25) is 0 Å². The lowest BCUT2D eigenvalue weighted by Crippen LogP contribution is -2.48. The molecule has 27 heavy (non-hydrogen) atoms. The summed E-state index contributed by atoms with van der Waals surface area (Å²) in [5, 5.41) is 17.0. The number of aliphatic imine (C=N–C) groups is 1. The highest BCUT2D eigenvalue weighted by Gasteiger charge is 2.25. The van der Waals surface area contributed by atoms with Crippen LogP contribution in [0.4, 0.5) is 0 Å². The van der Waals surface area contributed by atoms with Crippen molar-refractivity contribution in [3.05, 3.63) is 34.3 Å². The number of nitrogens with zero attached hydrogens (tertiary/aromatic N) is 2. The fraction of sp³-hybridized carbons (Fsp3) is 0.667. The van der Waals surface area contributed by atoms with E-state index in [-0.39, 0.29) is 6.10 Å². The van der Waals surface area contributed by atoms with Crippen molar-refractivity contribution in [1.29, 1.82) is 0 Å². The van der Waals surface area contributed by atoms with Crippen molar-refractivity contribution in [1.82, 2.24) is 15.5 Å². The molecule has 3 rings (SSSR count). The summed E-state index contributed by atoms with van der Waals surface area (Å²) in [5.74, 6) is 1.23. The Labute approximate surface area is 171 Å². The molecule has 0 amide bonds. The fourth-order valence-corrected chi connectivity index (χ4v) is 4.30. The number of benzene rings is 1. The summed E-state index contributed by atoms with van der Waals surface area (Å²) in [5.41, 5.74) is 1.37.